The van der Waals surface area contributed by atoms with Crippen LogP contribution in [0.25, 0.3) is 0 Å². The van der Waals surface area contributed by atoms with Crippen molar-refractivity contribution in [2.24, 2.45) is 0 Å². The van der Waals surface area contributed by atoms with E-state index in [1.165, 1.54) is 13.3 Å². The molecule has 1 saturated heterocycles. The highest BCUT2D eigenvalue weighted by Crippen LogP contribution is 2.29. The van der Waals surface area contributed by atoms with Crippen LogP contribution >= 0.6 is 11.6 Å². The fourth-order valence-electron chi connectivity index (χ4n) is 4.06. The lowest BCUT2D eigenvalue weighted by atomic mass is 10.1. The zero-order valence-electron chi connectivity index (χ0n) is 19.9. The minimum absolute atomic E-state index is 0.114. The van der Waals surface area contributed by atoms with Gasteiger partial charge in [-0.15, -0.1) is 0 Å². The summed E-state index contributed by atoms with van der Waals surface area (Å²) in [6, 6.07) is 9.65. The first-order valence-corrected chi connectivity index (χ1v) is 11.7. The van der Waals surface area contributed by atoms with Crippen LogP contribution in [0.1, 0.15) is 36.5 Å². The molecule has 2 aromatic carbocycles. The van der Waals surface area contributed by atoms with Crippen LogP contribution in [0.4, 0.5) is 23.3 Å². The summed E-state index contributed by atoms with van der Waals surface area (Å²) in [5, 5.41) is 6.87. The van der Waals surface area contributed by atoms with Crippen LogP contribution in [-0.4, -0.2) is 40.1 Å². The zero-order valence-corrected chi connectivity index (χ0v) is 20.6. The van der Waals surface area contributed by atoms with Crippen LogP contribution in [0.5, 0.6) is 5.75 Å². The van der Waals surface area contributed by atoms with Crippen molar-refractivity contribution in [2.75, 3.05) is 28.6 Å². The van der Waals surface area contributed by atoms with E-state index >= 15 is 0 Å². The molecule has 0 radical (unpaired) electrons. The number of halogens is 1. The van der Waals surface area contributed by atoms with Gasteiger partial charge in [0.25, 0.3) is 0 Å². The number of ether oxygens (including phenoxy) is 1. The Morgan fingerprint density at radius 2 is 1.76 bits per heavy atom. The monoisotopic (exact) mass is 480 g/mol. The predicted molar refractivity (Wildman–Crippen MR) is 135 cm³/mol. The number of anilines is 4. The minimum Gasteiger partial charge on any atom is -0.490 e. The summed E-state index contributed by atoms with van der Waals surface area (Å²) in [6.07, 6.45) is 3.38. The SMILES string of the molecule is CC(=O)Nc1cccc(Nc2ncnc(N3CCC(Oc4cc(C)c(Cl)c(C)c4)CC3)n2)c1C. The van der Waals surface area contributed by atoms with Gasteiger partial charge >= 0.3 is 0 Å². The van der Waals surface area contributed by atoms with Gasteiger partial charge in [0.1, 0.15) is 18.2 Å². The lowest BCUT2D eigenvalue weighted by molar-refractivity contribution is -0.114. The number of hydrogen-bond donors (Lipinski definition) is 2. The quantitative estimate of drug-likeness (QED) is 0.500. The van der Waals surface area contributed by atoms with E-state index in [0.29, 0.717) is 11.9 Å². The van der Waals surface area contributed by atoms with E-state index in [4.69, 9.17) is 16.3 Å². The van der Waals surface area contributed by atoms with Gasteiger partial charge in [0.2, 0.25) is 17.8 Å². The van der Waals surface area contributed by atoms with Crippen molar-refractivity contribution in [1.82, 2.24) is 15.0 Å². The number of nitrogens with one attached hydrogen (secondary N) is 2. The Balaban J connectivity index is 1.39. The van der Waals surface area contributed by atoms with E-state index in [0.717, 1.165) is 64.8 Å². The molecule has 1 aromatic heterocycles. The molecule has 1 fully saturated rings. The van der Waals surface area contributed by atoms with Crippen LogP contribution in [0.15, 0.2) is 36.7 Å². The van der Waals surface area contributed by atoms with Gasteiger partial charge in [-0.25, -0.2) is 9.97 Å². The number of amides is 1. The zero-order chi connectivity index (χ0) is 24.2. The Morgan fingerprint density at radius 1 is 1.09 bits per heavy atom. The molecule has 8 nitrogen and oxygen atoms in total. The summed E-state index contributed by atoms with van der Waals surface area (Å²) in [4.78, 5) is 26.8. The average molecular weight is 481 g/mol. The Kier molecular flexibility index (Phi) is 7.17. The van der Waals surface area contributed by atoms with E-state index in [2.05, 4.69) is 30.5 Å². The van der Waals surface area contributed by atoms with Gasteiger partial charge in [-0.3, -0.25) is 4.79 Å². The molecule has 1 aliphatic heterocycles. The maximum atomic E-state index is 11.4. The highest BCUT2D eigenvalue weighted by atomic mass is 35.5. The molecule has 2 heterocycles. The van der Waals surface area contributed by atoms with Gasteiger partial charge in [0, 0.05) is 49.3 Å². The van der Waals surface area contributed by atoms with Gasteiger partial charge in [-0.05, 0) is 61.7 Å². The van der Waals surface area contributed by atoms with Crippen molar-refractivity contribution in [3.63, 3.8) is 0 Å². The van der Waals surface area contributed by atoms with Crippen LogP contribution in [0, 0.1) is 20.8 Å². The molecule has 0 atom stereocenters. The number of carbonyl (C=O) groups excluding carboxylic acids is 1. The summed E-state index contributed by atoms with van der Waals surface area (Å²) in [6.45, 7) is 8.99. The Hall–Kier alpha value is -3.39. The third-order valence-corrected chi connectivity index (χ3v) is 6.48. The topological polar surface area (TPSA) is 92.3 Å². The second-order valence-corrected chi connectivity index (χ2v) is 8.95. The normalized spacial score (nSPS) is 14.1. The highest BCUT2D eigenvalue weighted by molar-refractivity contribution is 6.32. The Morgan fingerprint density at radius 3 is 2.44 bits per heavy atom. The summed E-state index contributed by atoms with van der Waals surface area (Å²) in [5.41, 5.74) is 4.53. The van der Waals surface area contributed by atoms with Gasteiger partial charge in [0.05, 0.1) is 0 Å². The molecule has 34 heavy (non-hydrogen) atoms. The van der Waals surface area contributed by atoms with Crippen molar-refractivity contribution in [1.29, 1.82) is 0 Å². The molecule has 3 aromatic rings. The van der Waals surface area contributed by atoms with Crippen molar-refractivity contribution in [3.8, 4) is 5.75 Å². The highest BCUT2D eigenvalue weighted by Gasteiger charge is 2.23. The first-order chi connectivity index (χ1) is 16.3. The predicted octanol–water partition coefficient (Wildman–Crippen LogP) is 5.20. The number of carbonyl (C=O) groups is 1. The fourth-order valence-corrected chi connectivity index (χ4v) is 4.17. The number of rotatable bonds is 6. The molecule has 2 N–H and O–H groups in total. The van der Waals surface area contributed by atoms with E-state index < -0.39 is 0 Å². The summed E-state index contributed by atoms with van der Waals surface area (Å²) < 4.78 is 6.23. The molecule has 0 saturated carbocycles. The van der Waals surface area contributed by atoms with E-state index in [-0.39, 0.29) is 12.0 Å². The molecule has 1 amide bonds. The molecule has 1 aliphatic rings. The van der Waals surface area contributed by atoms with Gasteiger partial charge in [0.15, 0.2) is 0 Å². The number of aryl methyl sites for hydroxylation is 2. The molecule has 4 rings (SSSR count). The van der Waals surface area contributed by atoms with Crippen molar-refractivity contribution >= 4 is 40.8 Å². The van der Waals surface area contributed by atoms with Gasteiger partial charge in [-0.1, -0.05) is 17.7 Å². The maximum absolute atomic E-state index is 11.4. The van der Waals surface area contributed by atoms with Crippen LogP contribution in [0.2, 0.25) is 5.02 Å². The number of hydrogen-bond acceptors (Lipinski definition) is 7. The minimum atomic E-state index is -0.114. The van der Waals surface area contributed by atoms with Crippen molar-refractivity contribution < 1.29 is 9.53 Å². The Labute approximate surface area is 204 Å². The third kappa shape index (κ3) is 5.56. The lowest BCUT2D eigenvalue weighted by Gasteiger charge is -2.32. The first-order valence-electron chi connectivity index (χ1n) is 11.3. The summed E-state index contributed by atoms with van der Waals surface area (Å²) in [5.74, 6) is 1.83. The summed E-state index contributed by atoms with van der Waals surface area (Å²) in [7, 11) is 0. The van der Waals surface area contributed by atoms with Crippen molar-refractivity contribution in [3.05, 3.63) is 58.4 Å². The third-order valence-electron chi connectivity index (χ3n) is 5.89. The molecular weight excluding hydrogens is 452 g/mol. The number of nitrogens with zero attached hydrogens (tertiary/aromatic N) is 4. The van der Waals surface area contributed by atoms with Crippen molar-refractivity contribution in [2.45, 2.75) is 46.6 Å². The second kappa shape index (κ2) is 10.3. The number of piperidine rings is 1. The second-order valence-electron chi connectivity index (χ2n) is 8.57. The maximum Gasteiger partial charge on any atom is 0.232 e. The molecule has 0 spiro atoms. The standard InChI is InChI=1S/C25H29ClN6O2/c1-15-12-20(13-16(2)23(15)26)34-19-8-10-32(11-9-19)25-28-14-27-24(31-25)30-22-7-5-6-21(17(22)3)29-18(4)33/h5-7,12-14,19H,8-11H2,1-4H3,(H,29,33)(H,27,28,30,31). The number of aromatic nitrogens is 3. The van der Waals surface area contributed by atoms with Crippen LogP contribution in [0.3, 0.4) is 0 Å². The largest absolute Gasteiger partial charge is 0.490 e. The number of benzene rings is 2. The molecular formula is C25H29ClN6O2. The van der Waals surface area contributed by atoms with E-state index in [1.807, 2.05) is 51.1 Å². The van der Waals surface area contributed by atoms with Gasteiger partial charge < -0.3 is 20.3 Å². The smallest absolute Gasteiger partial charge is 0.232 e. The van der Waals surface area contributed by atoms with Crippen LogP contribution < -0.4 is 20.3 Å². The van der Waals surface area contributed by atoms with E-state index in [9.17, 15) is 4.79 Å². The first kappa shape index (κ1) is 23.8. The lowest BCUT2D eigenvalue weighted by Crippen LogP contribution is -2.39. The molecule has 0 unspecified atom stereocenters. The van der Waals surface area contributed by atoms with E-state index in [1.54, 1.807) is 0 Å². The average Bonchev–Trinajstić information content (AvgIpc) is 2.80. The van der Waals surface area contributed by atoms with Crippen LogP contribution in [-0.2, 0) is 4.79 Å². The molecule has 0 aliphatic carbocycles. The molecule has 9 heteroatoms. The van der Waals surface area contributed by atoms with Gasteiger partial charge in [-0.2, -0.15) is 4.98 Å². The fraction of sp³-hybridized carbons (Fsp3) is 0.360. The Bertz CT molecular complexity index is 1170. The molecule has 178 valence electrons. The summed E-state index contributed by atoms with van der Waals surface area (Å²) >= 11 is 6.28. The molecule has 0 bridgehead atoms.